The second-order valence-corrected chi connectivity index (χ2v) is 8.09. The molecule has 1 aliphatic rings. The molecular formula is C24H27N5O6. The summed E-state index contributed by atoms with van der Waals surface area (Å²) in [5, 5.41) is 14.4. The van der Waals surface area contributed by atoms with Crippen molar-refractivity contribution in [1.29, 1.82) is 0 Å². The summed E-state index contributed by atoms with van der Waals surface area (Å²) in [5.74, 6) is -0.192. The molecule has 2 N–H and O–H groups in total. The number of amides is 1. The third kappa shape index (κ3) is 5.35. The molecule has 184 valence electrons. The standard InChI is InChI=1S/C24H27N5O6/c1-3-35-24(31)23-22(19-14-18(34-2)8-9-20(19)25-23)26-21(30)15-27-10-12-28(13-11-27)16-4-6-17(7-5-16)29(32)33/h4-9,14,25H,3,10-13,15H2,1-2H3,(H,26,30). The zero-order valence-electron chi connectivity index (χ0n) is 19.6. The number of non-ortho nitro benzene ring substituents is 1. The molecule has 4 rings (SSSR count). The Morgan fingerprint density at radius 1 is 1.11 bits per heavy atom. The van der Waals surface area contributed by atoms with Gasteiger partial charge in [0.2, 0.25) is 5.91 Å². The summed E-state index contributed by atoms with van der Waals surface area (Å²) in [6.45, 7) is 4.76. The lowest BCUT2D eigenvalue weighted by atomic mass is 10.2. The monoisotopic (exact) mass is 481 g/mol. The molecule has 35 heavy (non-hydrogen) atoms. The Labute approximate surface area is 201 Å². The topological polar surface area (TPSA) is 130 Å². The number of esters is 1. The number of benzene rings is 2. The van der Waals surface area contributed by atoms with Gasteiger partial charge in [-0.15, -0.1) is 0 Å². The molecule has 1 aromatic heterocycles. The maximum Gasteiger partial charge on any atom is 0.356 e. The van der Waals surface area contributed by atoms with Crippen LogP contribution in [0.3, 0.4) is 0 Å². The maximum atomic E-state index is 12.9. The number of aromatic nitrogens is 1. The molecule has 0 aliphatic carbocycles. The normalized spacial score (nSPS) is 14.1. The first kappa shape index (κ1) is 24.0. The second-order valence-electron chi connectivity index (χ2n) is 8.09. The lowest BCUT2D eigenvalue weighted by Gasteiger charge is -2.35. The predicted octanol–water partition coefficient (Wildman–Crippen LogP) is 3.02. The van der Waals surface area contributed by atoms with E-state index in [0.29, 0.717) is 48.5 Å². The minimum absolute atomic E-state index is 0.0566. The number of H-pyrrole nitrogens is 1. The fourth-order valence-electron chi connectivity index (χ4n) is 4.12. The molecule has 0 bridgehead atoms. The number of nitro groups is 1. The number of hydrogen-bond acceptors (Lipinski definition) is 8. The number of rotatable bonds is 8. The summed E-state index contributed by atoms with van der Waals surface area (Å²) in [4.78, 5) is 43.1. The lowest BCUT2D eigenvalue weighted by molar-refractivity contribution is -0.384. The molecular weight excluding hydrogens is 454 g/mol. The second kappa shape index (κ2) is 10.4. The molecule has 11 nitrogen and oxygen atoms in total. The summed E-state index contributed by atoms with van der Waals surface area (Å²) in [5.41, 5.74) is 2.20. The third-order valence-electron chi connectivity index (χ3n) is 5.91. The van der Waals surface area contributed by atoms with Crippen molar-refractivity contribution in [3.8, 4) is 5.75 Å². The SMILES string of the molecule is CCOC(=O)c1[nH]c2ccc(OC)cc2c1NC(=O)CN1CCN(c2ccc([N+](=O)[O-])cc2)CC1. The Kier molecular flexibility index (Phi) is 7.16. The first-order valence-corrected chi connectivity index (χ1v) is 11.3. The summed E-state index contributed by atoms with van der Waals surface area (Å²) in [6.07, 6.45) is 0. The number of aromatic amines is 1. The highest BCUT2D eigenvalue weighted by Crippen LogP contribution is 2.31. The van der Waals surface area contributed by atoms with Crippen molar-refractivity contribution in [1.82, 2.24) is 9.88 Å². The number of nitrogens with one attached hydrogen (secondary N) is 2. The third-order valence-corrected chi connectivity index (χ3v) is 5.91. The molecule has 2 heterocycles. The Bertz CT molecular complexity index is 1230. The van der Waals surface area contributed by atoms with Crippen LogP contribution in [0, 0.1) is 10.1 Å². The summed E-state index contributed by atoms with van der Waals surface area (Å²) >= 11 is 0. The van der Waals surface area contributed by atoms with Gasteiger partial charge < -0.3 is 24.7 Å². The Balaban J connectivity index is 1.42. The van der Waals surface area contributed by atoms with E-state index in [1.165, 1.54) is 12.1 Å². The zero-order chi connectivity index (χ0) is 24.9. The maximum absolute atomic E-state index is 12.9. The van der Waals surface area contributed by atoms with Crippen LogP contribution in [0.1, 0.15) is 17.4 Å². The number of piperazine rings is 1. The van der Waals surface area contributed by atoms with Crippen LogP contribution in [0.15, 0.2) is 42.5 Å². The summed E-state index contributed by atoms with van der Waals surface area (Å²) in [6, 6.07) is 11.8. The first-order chi connectivity index (χ1) is 16.9. The van der Waals surface area contributed by atoms with E-state index in [0.717, 1.165) is 5.69 Å². The van der Waals surface area contributed by atoms with Crippen molar-refractivity contribution < 1.29 is 24.0 Å². The number of nitro benzene ring substituents is 1. The fourth-order valence-corrected chi connectivity index (χ4v) is 4.12. The van der Waals surface area contributed by atoms with Gasteiger partial charge in [-0.2, -0.15) is 0 Å². The number of nitrogens with zero attached hydrogens (tertiary/aromatic N) is 3. The summed E-state index contributed by atoms with van der Waals surface area (Å²) in [7, 11) is 1.55. The number of fused-ring (bicyclic) bond motifs is 1. The van der Waals surface area contributed by atoms with Gasteiger partial charge in [-0.1, -0.05) is 0 Å². The van der Waals surface area contributed by atoms with Gasteiger partial charge in [-0.25, -0.2) is 4.79 Å². The number of ether oxygens (including phenoxy) is 2. The van der Waals surface area contributed by atoms with Crippen LogP contribution >= 0.6 is 0 Å². The van der Waals surface area contributed by atoms with Crippen LogP contribution in [0.5, 0.6) is 5.75 Å². The average Bonchev–Trinajstić information content (AvgIpc) is 3.22. The molecule has 1 fully saturated rings. The molecule has 0 atom stereocenters. The van der Waals surface area contributed by atoms with Gasteiger partial charge >= 0.3 is 5.97 Å². The van der Waals surface area contributed by atoms with E-state index in [4.69, 9.17) is 9.47 Å². The molecule has 1 aliphatic heterocycles. The van der Waals surface area contributed by atoms with Gasteiger partial charge in [0.1, 0.15) is 11.4 Å². The van der Waals surface area contributed by atoms with Crippen LogP contribution in [0.4, 0.5) is 17.1 Å². The van der Waals surface area contributed by atoms with Gasteiger partial charge in [-0.05, 0) is 37.3 Å². The van der Waals surface area contributed by atoms with E-state index in [9.17, 15) is 19.7 Å². The molecule has 3 aromatic rings. The Hall–Kier alpha value is -4.12. The van der Waals surface area contributed by atoms with Gasteiger partial charge in [0.25, 0.3) is 5.69 Å². The quantitative estimate of drug-likeness (QED) is 0.285. The van der Waals surface area contributed by atoms with E-state index in [-0.39, 0.29) is 30.4 Å². The largest absolute Gasteiger partial charge is 0.497 e. The molecule has 1 saturated heterocycles. The highest BCUT2D eigenvalue weighted by molar-refractivity contribution is 6.11. The molecule has 1 amide bonds. The van der Waals surface area contributed by atoms with E-state index in [2.05, 4.69) is 15.2 Å². The first-order valence-electron chi connectivity index (χ1n) is 11.3. The minimum atomic E-state index is -0.547. The molecule has 0 radical (unpaired) electrons. The number of hydrogen-bond donors (Lipinski definition) is 2. The van der Waals surface area contributed by atoms with Gasteiger partial charge in [-0.3, -0.25) is 19.8 Å². The number of methoxy groups -OCH3 is 1. The van der Waals surface area contributed by atoms with E-state index >= 15 is 0 Å². The number of carbonyl (C=O) groups excluding carboxylic acids is 2. The van der Waals surface area contributed by atoms with Gasteiger partial charge in [0, 0.05) is 54.9 Å². The lowest BCUT2D eigenvalue weighted by Crippen LogP contribution is -2.48. The highest BCUT2D eigenvalue weighted by Gasteiger charge is 2.24. The summed E-state index contributed by atoms with van der Waals surface area (Å²) < 4.78 is 10.5. The van der Waals surface area contributed by atoms with E-state index in [1.54, 1.807) is 44.4 Å². The molecule has 11 heteroatoms. The number of carbonyl (C=O) groups is 2. The van der Waals surface area contributed by atoms with E-state index < -0.39 is 10.9 Å². The number of anilines is 2. The van der Waals surface area contributed by atoms with Crippen molar-refractivity contribution in [2.75, 3.05) is 56.7 Å². The average molecular weight is 482 g/mol. The van der Waals surface area contributed by atoms with Crippen molar-refractivity contribution in [2.24, 2.45) is 0 Å². The molecule has 0 unspecified atom stereocenters. The molecule has 0 saturated carbocycles. The smallest absolute Gasteiger partial charge is 0.356 e. The van der Waals surface area contributed by atoms with E-state index in [1.807, 2.05) is 4.90 Å². The van der Waals surface area contributed by atoms with Crippen molar-refractivity contribution in [2.45, 2.75) is 6.92 Å². The van der Waals surface area contributed by atoms with Gasteiger partial charge in [0.15, 0.2) is 0 Å². The minimum Gasteiger partial charge on any atom is -0.497 e. The van der Waals surface area contributed by atoms with Crippen LogP contribution in [-0.2, 0) is 9.53 Å². The van der Waals surface area contributed by atoms with Crippen LogP contribution in [0.25, 0.3) is 10.9 Å². The zero-order valence-corrected chi connectivity index (χ0v) is 19.6. The Morgan fingerprint density at radius 3 is 2.46 bits per heavy atom. The molecule has 0 spiro atoms. The Morgan fingerprint density at radius 2 is 1.83 bits per heavy atom. The van der Waals surface area contributed by atoms with Crippen LogP contribution < -0.4 is 15.0 Å². The highest BCUT2D eigenvalue weighted by atomic mass is 16.6. The molecule has 2 aromatic carbocycles. The van der Waals surface area contributed by atoms with Crippen molar-refractivity contribution in [3.05, 3.63) is 58.3 Å². The van der Waals surface area contributed by atoms with Crippen molar-refractivity contribution >= 4 is 39.8 Å². The van der Waals surface area contributed by atoms with Gasteiger partial charge in [0.05, 0.1) is 30.9 Å². The fraction of sp³-hybridized carbons (Fsp3) is 0.333. The van der Waals surface area contributed by atoms with Crippen LogP contribution in [-0.4, -0.2) is 73.1 Å². The van der Waals surface area contributed by atoms with Crippen LogP contribution in [0.2, 0.25) is 0 Å². The van der Waals surface area contributed by atoms with Crippen molar-refractivity contribution in [3.63, 3.8) is 0 Å². The predicted molar refractivity (Wildman–Crippen MR) is 131 cm³/mol.